The summed E-state index contributed by atoms with van der Waals surface area (Å²) in [6.45, 7) is 0. The first-order valence-corrected chi connectivity index (χ1v) is 7.72. The highest BCUT2D eigenvalue weighted by atomic mass is 32.1. The first-order chi connectivity index (χ1) is 9.31. The smallest absolute Gasteiger partial charge is 0.223 e. The molecule has 4 nitrogen and oxygen atoms in total. The third-order valence-electron chi connectivity index (χ3n) is 3.60. The lowest BCUT2D eigenvalue weighted by atomic mass is 9.89. The Morgan fingerprint density at radius 1 is 1.16 bits per heavy atom. The molecule has 5 heteroatoms. The molecule has 1 saturated carbocycles. The summed E-state index contributed by atoms with van der Waals surface area (Å²) in [5.41, 5.74) is 5.84. The summed E-state index contributed by atoms with van der Waals surface area (Å²) in [4.78, 5) is 14.5. The maximum absolute atomic E-state index is 5.84. The third-order valence-corrected chi connectivity index (χ3v) is 4.48. The molecule has 2 heterocycles. The number of rotatable bonds is 3. The van der Waals surface area contributed by atoms with Crippen LogP contribution in [0.5, 0.6) is 0 Å². The number of hydrogen-bond acceptors (Lipinski definition) is 5. The van der Waals surface area contributed by atoms with Crippen molar-refractivity contribution in [3.8, 4) is 0 Å². The Morgan fingerprint density at radius 2 is 2.00 bits per heavy atom. The lowest BCUT2D eigenvalue weighted by molar-refractivity contribution is 0.427. The predicted octanol–water partition coefficient (Wildman–Crippen LogP) is 3.15. The van der Waals surface area contributed by atoms with Crippen LogP contribution in [0.2, 0.25) is 0 Å². The molecule has 1 fully saturated rings. The van der Waals surface area contributed by atoms with E-state index in [1.54, 1.807) is 11.3 Å². The van der Waals surface area contributed by atoms with Crippen LogP contribution in [-0.4, -0.2) is 15.0 Å². The van der Waals surface area contributed by atoms with Crippen molar-refractivity contribution in [1.29, 1.82) is 0 Å². The van der Waals surface area contributed by atoms with E-state index in [0.29, 0.717) is 11.9 Å². The van der Waals surface area contributed by atoms with Crippen LogP contribution in [0.3, 0.4) is 0 Å². The van der Waals surface area contributed by atoms with Gasteiger partial charge in [0.1, 0.15) is 11.6 Å². The summed E-state index contributed by atoms with van der Waals surface area (Å²) in [6, 6.07) is 4.15. The van der Waals surface area contributed by atoms with Gasteiger partial charge in [0.25, 0.3) is 0 Å². The molecule has 1 aliphatic rings. The van der Waals surface area contributed by atoms with Gasteiger partial charge in [0.2, 0.25) is 5.95 Å². The van der Waals surface area contributed by atoms with Crippen molar-refractivity contribution in [1.82, 2.24) is 15.0 Å². The SMILES string of the molecule is Nc1nc(Cc2cccs2)nc(C2CCCCC2)n1. The second-order valence-electron chi connectivity index (χ2n) is 5.06. The standard InChI is InChI=1S/C14H18N4S/c15-14-17-12(9-11-7-4-8-19-11)16-13(18-14)10-5-2-1-3-6-10/h4,7-8,10H,1-3,5-6,9H2,(H2,15,16,17,18). The molecule has 0 radical (unpaired) electrons. The average Bonchev–Trinajstić information content (AvgIpc) is 2.92. The summed E-state index contributed by atoms with van der Waals surface area (Å²) in [5.74, 6) is 2.54. The molecule has 0 aliphatic heterocycles. The zero-order valence-electron chi connectivity index (χ0n) is 10.9. The monoisotopic (exact) mass is 274 g/mol. The first kappa shape index (κ1) is 12.5. The minimum Gasteiger partial charge on any atom is -0.368 e. The Hall–Kier alpha value is -1.49. The summed E-state index contributed by atoms with van der Waals surface area (Å²) in [5, 5.41) is 2.07. The zero-order chi connectivity index (χ0) is 13.1. The number of nitrogens with two attached hydrogens (primary N) is 1. The number of hydrogen-bond donors (Lipinski definition) is 1. The van der Waals surface area contributed by atoms with E-state index in [-0.39, 0.29) is 0 Å². The van der Waals surface area contributed by atoms with Crippen LogP contribution in [0.15, 0.2) is 17.5 Å². The van der Waals surface area contributed by atoms with Gasteiger partial charge < -0.3 is 5.73 Å². The van der Waals surface area contributed by atoms with Crippen LogP contribution in [0.4, 0.5) is 5.95 Å². The number of nitrogens with zero attached hydrogens (tertiary/aromatic N) is 3. The Labute approximate surface area is 117 Å². The molecule has 0 amide bonds. The molecule has 1 aliphatic carbocycles. The largest absolute Gasteiger partial charge is 0.368 e. The fourth-order valence-electron chi connectivity index (χ4n) is 2.65. The van der Waals surface area contributed by atoms with Crippen LogP contribution in [-0.2, 0) is 6.42 Å². The van der Waals surface area contributed by atoms with Gasteiger partial charge in [-0.3, -0.25) is 0 Å². The minimum atomic E-state index is 0.363. The van der Waals surface area contributed by atoms with E-state index in [0.717, 1.165) is 18.1 Å². The summed E-state index contributed by atoms with van der Waals surface area (Å²) in [7, 11) is 0. The van der Waals surface area contributed by atoms with E-state index in [9.17, 15) is 0 Å². The predicted molar refractivity (Wildman–Crippen MR) is 77.2 cm³/mol. The quantitative estimate of drug-likeness (QED) is 0.933. The average molecular weight is 274 g/mol. The molecule has 3 rings (SSSR count). The molecule has 0 spiro atoms. The van der Waals surface area contributed by atoms with Crippen LogP contribution in [0.1, 0.15) is 54.5 Å². The molecule has 0 unspecified atom stereocenters. The van der Waals surface area contributed by atoms with E-state index in [1.807, 2.05) is 6.07 Å². The van der Waals surface area contributed by atoms with Crippen LogP contribution in [0.25, 0.3) is 0 Å². The molecule has 0 bridgehead atoms. The van der Waals surface area contributed by atoms with Crippen molar-refractivity contribution >= 4 is 17.3 Å². The Kier molecular flexibility index (Phi) is 3.73. The van der Waals surface area contributed by atoms with Gasteiger partial charge in [0.15, 0.2) is 0 Å². The minimum absolute atomic E-state index is 0.363. The second-order valence-corrected chi connectivity index (χ2v) is 6.09. The number of aromatic nitrogens is 3. The fraction of sp³-hybridized carbons (Fsp3) is 0.500. The molecule has 2 aromatic heterocycles. The maximum atomic E-state index is 5.84. The Balaban J connectivity index is 1.82. The highest BCUT2D eigenvalue weighted by Crippen LogP contribution is 2.30. The normalized spacial score (nSPS) is 16.6. The van der Waals surface area contributed by atoms with Gasteiger partial charge in [-0.15, -0.1) is 11.3 Å². The summed E-state index contributed by atoms with van der Waals surface area (Å²) in [6.07, 6.45) is 7.00. The van der Waals surface area contributed by atoms with Gasteiger partial charge in [0, 0.05) is 17.2 Å². The molecule has 2 aromatic rings. The molecule has 100 valence electrons. The van der Waals surface area contributed by atoms with Gasteiger partial charge >= 0.3 is 0 Å². The van der Waals surface area contributed by atoms with E-state index in [4.69, 9.17) is 5.73 Å². The molecule has 19 heavy (non-hydrogen) atoms. The number of nitrogen functional groups attached to an aromatic ring is 1. The van der Waals surface area contributed by atoms with E-state index in [1.165, 1.54) is 37.0 Å². The Bertz CT molecular complexity index is 532. The lowest BCUT2D eigenvalue weighted by Gasteiger charge is -2.20. The van der Waals surface area contributed by atoms with Gasteiger partial charge in [-0.25, -0.2) is 4.98 Å². The second kappa shape index (κ2) is 5.65. The van der Waals surface area contributed by atoms with Crippen LogP contribution < -0.4 is 5.73 Å². The van der Waals surface area contributed by atoms with Crippen LogP contribution in [0, 0.1) is 0 Å². The van der Waals surface area contributed by atoms with Crippen molar-refractivity contribution in [3.63, 3.8) is 0 Å². The van der Waals surface area contributed by atoms with E-state index in [2.05, 4.69) is 26.4 Å². The molecule has 0 atom stereocenters. The third kappa shape index (κ3) is 3.10. The Morgan fingerprint density at radius 3 is 2.74 bits per heavy atom. The van der Waals surface area contributed by atoms with Crippen molar-refractivity contribution < 1.29 is 0 Å². The molecular formula is C14H18N4S. The first-order valence-electron chi connectivity index (χ1n) is 6.84. The molecule has 2 N–H and O–H groups in total. The van der Waals surface area contributed by atoms with E-state index >= 15 is 0 Å². The highest BCUT2D eigenvalue weighted by molar-refractivity contribution is 7.09. The number of thiophene rings is 1. The summed E-state index contributed by atoms with van der Waals surface area (Å²) < 4.78 is 0. The number of anilines is 1. The summed E-state index contributed by atoms with van der Waals surface area (Å²) >= 11 is 1.72. The topological polar surface area (TPSA) is 64.7 Å². The van der Waals surface area contributed by atoms with E-state index < -0.39 is 0 Å². The van der Waals surface area contributed by atoms with Gasteiger partial charge in [-0.1, -0.05) is 25.3 Å². The van der Waals surface area contributed by atoms with Crippen LogP contribution >= 0.6 is 11.3 Å². The molecule has 0 aromatic carbocycles. The van der Waals surface area contributed by atoms with Gasteiger partial charge in [-0.05, 0) is 24.3 Å². The maximum Gasteiger partial charge on any atom is 0.223 e. The lowest BCUT2D eigenvalue weighted by Crippen LogP contribution is -2.13. The van der Waals surface area contributed by atoms with Crippen molar-refractivity contribution in [2.24, 2.45) is 0 Å². The van der Waals surface area contributed by atoms with Gasteiger partial charge in [-0.2, -0.15) is 9.97 Å². The zero-order valence-corrected chi connectivity index (χ0v) is 11.7. The molecular weight excluding hydrogens is 256 g/mol. The van der Waals surface area contributed by atoms with Crippen molar-refractivity contribution in [2.75, 3.05) is 5.73 Å². The fourth-order valence-corrected chi connectivity index (χ4v) is 3.35. The molecule has 0 saturated heterocycles. The van der Waals surface area contributed by atoms with Crippen molar-refractivity contribution in [2.45, 2.75) is 44.4 Å². The van der Waals surface area contributed by atoms with Gasteiger partial charge in [0.05, 0.1) is 0 Å². The highest BCUT2D eigenvalue weighted by Gasteiger charge is 2.19. The van der Waals surface area contributed by atoms with Crippen molar-refractivity contribution in [3.05, 3.63) is 34.0 Å².